The molecular weight excluding hydrogens is 282 g/mol. The van der Waals surface area contributed by atoms with Gasteiger partial charge in [-0.3, -0.25) is 5.84 Å². The number of rotatable bonds is 3. The smallest absolute Gasteiger partial charge is 0.338 e. The molecule has 2 fully saturated rings. The molecule has 1 spiro atoms. The Bertz CT molecular complexity index is 279. The third-order valence-corrected chi connectivity index (χ3v) is 5.16. The van der Waals surface area contributed by atoms with Crippen molar-refractivity contribution >= 4 is 23.4 Å². The predicted molar refractivity (Wildman–Crippen MR) is 69.9 cm³/mol. The first kappa shape index (κ1) is 14.8. The molecule has 2 aliphatic heterocycles. The van der Waals surface area contributed by atoms with Gasteiger partial charge in [0.1, 0.15) is 6.04 Å². The molecule has 3 nitrogen and oxygen atoms in total. The number of thioether (sulfide) groups is 1. The lowest BCUT2D eigenvalue weighted by atomic mass is 9.78. The van der Waals surface area contributed by atoms with Crippen LogP contribution in [-0.4, -0.2) is 35.1 Å². The van der Waals surface area contributed by atoms with E-state index in [4.69, 9.17) is 22.2 Å². The molecule has 2 rings (SSSR count). The number of alkyl halides is 3. The summed E-state index contributed by atoms with van der Waals surface area (Å²) in [6, 6.07) is -1.19. The van der Waals surface area contributed by atoms with Crippen molar-refractivity contribution in [1.29, 1.82) is 0 Å². The van der Waals surface area contributed by atoms with Crippen molar-refractivity contribution in [3.8, 4) is 0 Å². The molecule has 2 heterocycles. The highest BCUT2D eigenvalue weighted by molar-refractivity contribution is 7.99. The number of halogens is 3. The van der Waals surface area contributed by atoms with Gasteiger partial charge in [-0.05, 0) is 54.7 Å². The van der Waals surface area contributed by atoms with Crippen molar-refractivity contribution in [2.45, 2.75) is 42.7 Å². The molecular formula is C11H19ClF2N2OS. The zero-order chi connectivity index (χ0) is 13.2. The Morgan fingerprint density at radius 1 is 1.44 bits per heavy atom. The van der Waals surface area contributed by atoms with Gasteiger partial charge in [0.2, 0.25) is 0 Å². The minimum absolute atomic E-state index is 0.231. The highest BCUT2D eigenvalue weighted by Crippen LogP contribution is 2.43. The number of ether oxygens (including phenoxy) is 1. The van der Waals surface area contributed by atoms with Crippen LogP contribution in [0.5, 0.6) is 0 Å². The summed E-state index contributed by atoms with van der Waals surface area (Å²) in [5.41, 5.74) is 1.96. The predicted octanol–water partition coefficient (Wildman–Crippen LogP) is 2.34. The van der Waals surface area contributed by atoms with Crippen LogP contribution in [0.4, 0.5) is 8.78 Å². The number of hydrazine groups is 1. The molecule has 0 radical (unpaired) electrons. The highest BCUT2D eigenvalue weighted by Gasteiger charge is 2.47. The average Bonchev–Trinajstić information content (AvgIpc) is 2.29. The SMILES string of the molecule is NNC(C1CCOC2(CCSCC2)C1)C(F)(F)Cl. The van der Waals surface area contributed by atoms with E-state index in [-0.39, 0.29) is 11.5 Å². The van der Waals surface area contributed by atoms with E-state index >= 15 is 0 Å². The maximum absolute atomic E-state index is 13.3. The monoisotopic (exact) mass is 300 g/mol. The molecule has 0 amide bonds. The van der Waals surface area contributed by atoms with Crippen LogP contribution in [0, 0.1) is 5.92 Å². The van der Waals surface area contributed by atoms with E-state index in [9.17, 15) is 8.78 Å². The third kappa shape index (κ3) is 3.28. The second kappa shape index (κ2) is 5.79. The quantitative estimate of drug-likeness (QED) is 0.477. The van der Waals surface area contributed by atoms with Gasteiger partial charge >= 0.3 is 5.38 Å². The van der Waals surface area contributed by atoms with Crippen LogP contribution in [0.2, 0.25) is 0 Å². The summed E-state index contributed by atoms with van der Waals surface area (Å²) in [6.45, 7) is 0.514. The van der Waals surface area contributed by atoms with Crippen LogP contribution in [0.15, 0.2) is 0 Å². The minimum Gasteiger partial charge on any atom is -0.375 e. The van der Waals surface area contributed by atoms with Crippen molar-refractivity contribution in [2.24, 2.45) is 11.8 Å². The Morgan fingerprint density at radius 3 is 2.67 bits per heavy atom. The summed E-state index contributed by atoms with van der Waals surface area (Å²) in [4.78, 5) is 0. The standard InChI is InChI=1S/C11H19ClF2N2OS/c12-11(13,14)9(16-15)8-1-4-17-10(7-8)2-5-18-6-3-10/h8-9,16H,1-7,15H2. The molecule has 2 unspecified atom stereocenters. The topological polar surface area (TPSA) is 47.3 Å². The molecule has 106 valence electrons. The van der Waals surface area contributed by atoms with E-state index in [2.05, 4.69) is 5.43 Å². The van der Waals surface area contributed by atoms with Crippen LogP contribution in [0.25, 0.3) is 0 Å². The van der Waals surface area contributed by atoms with Crippen LogP contribution in [0.1, 0.15) is 25.7 Å². The zero-order valence-corrected chi connectivity index (χ0v) is 11.7. The van der Waals surface area contributed by atoms with Gasteiger partial charge in [0, 0.05) is 6.61 Å². The molecule has 0 aliphatic carbocycles. The van der Waals surface area contributed by atoms with E-state index in [0.29, 0.717) is 19.4 Å². The molecule has 2 atom stereocenters. The van der Waals surface area contributed by atoms with Crippen molar-refractivity contribution < 1.29 is 13.5 Å². The van der Waals surface area contributed by atoms with E-state index < -0.39 is 11.4 Å². The lowest BCUT2D eigenvalue weighted by Gasteiger charge is -2.45. The van der Waals surface area contributed by atoms with E-state index in [1.54, 1.807) is 0 Å². The minimum atomic E-state index is -3.32. The van der Waals surface area contributed by atoms with Crippen molar-refractivity contribution in [3.63, 3.8) is 0 Å². The van der Waals surface area contributed by atoms with Crippen LogP contribution < -0.4 is 11.3 Å². The highest BCUT2D eigenvalue weighted by atomic mass is 35.5. The Hall–Kier alpha value is 0.380. The van der Waals surface area contributed by atoms with E-state index in [1.165, 1.54) is 0 Å². The van der Waals surface area contributed by atoms with Crippen LogP contribution >= 0.6 is 23.4 Å². The van der Waals surface area contributed by atoms with Gasteiger partial charge in [-0.15, -0.1) is 0 Å². The van der Waals surface area contributed by atoms with E-state index in [1.807, 2.05) is 11.8 Å². The Morgan fingerprint density at radius 2 is 2.11 bits per heavy atom. The molecule has 7 heteroatoms. The summed E-state index contributed by atoms with van der Waals surface area (Å²) in [7, 11) is 0. The van der Waals surface area contributed by atoms with Gasteiger partial charge in [0.05, 0.1) is 5.60 Å². The Kier molecular flexibility index (Phi) is 4.75. The summed E-state index contributed by atoms with van der Waals surface area (Å²) in [6.07, 6.45) is 3.05. The molecule has 18 heavy (non-hydrogen) atoms. The number of hydrogen-bond acceptors (Lipinski definition) is 4. The molecule has 2 aliphatic rings. The molecule has 3 N–H and O–H groups in total. The first-order valence-corrected chi connectivity index (χ1v) is 7.75. The summed E-state index contributed by atoms with van der Waals surface area (Å²) >= 11 is 7.03. The van der Waals surface area contributed by atoms with E-state index in [0.717, 1.165) is 24.3 Å². The van der Waals surface area contributed by atoms with Crippen LogP contribution in [-0.2, 0) is 4.74 Å². The second-order valence-corrected chi connectivity index (χ2v) is 6.81. The van der Waals surface area contributed by atoms with Gasteiger partial charge in [0.15, 0.2) is 0 Å². The van der Waals surface area contributed by atoms with Gasteiger partial charge in [0.25, 0.3) is 0 Å². The largest absolute Gasteiger partial charge is 0.375 e. The van der Waals surface area contributed by atoms with Gasteiger partial charge in [-0.25, -0.2) is 5.43 Å². The number of nitrogens with one attached hydrogen (secondary N) is 1. The lowest BCUT2D eigenvalue weighted by molar-refractivity contribution is -0.119. The summed E-state index contributed by atoms with van der Waals surface area (Å²) in [5, 5.41) is -3.32. The zero-order valence-electron chi connectivity index (χ0n) is 10.1. The maximum atomic E-state index is 13.3. The molecule has 0 saturated carbocycles. The fourth-order valence-electron chi connectivity index (χ4n) is 2.94. The van der Waals surface area contributed by atoms with Gasteiger partial charge in [-0.2, -0.15) is 20.5 Å². The summed E-state index contributed by atoms with van der Waals surface area (Å²) < 4.78 is 32.5. The Balaban J connectivity index is 2.05. The number of hydrogen-bond donors (Lipinski definition) is 2. The molecule has 0 aromatic carbocycles. The first-order chi connectivity index (χ1) is 8.47. The van der Waals surface area contributed by atoms with Crippen molar-refractivity contribution in [3.05, 3.63) is 0 Å². The fraction of sp³-hybridized carbons (Fsp3) is 1.00. The van der Waals surface area contributed by atoms with Gasteiger partial charge in [-0.1, -0.05) is 0 Å². The average molecular weight is 301 g/mol. The Labute approximate surface area is 115 Å². The molecule has 0 aromatic rings. The maximum Gasteiger partial charge on any atom is 0.338 e. The molecule has 0 bridgehead atoms. The lowest BCUT2D eigenvalue weighted by Crippen LogP contribution is -2.55. The fourth-order valence-corrected chi connectivity index (χ4v) is 4.42. The van der Waals surface area contributed by atoms with Gasteiger partial charge < -0.3 is 4.74 Å². The van der Waals surface area contributed by atoms with Crippen LogP contribution in [0.3, 0.4) is 0 Å². The normalized spacial score (nSPS) is 30.3. The first-order valence-electron chi connectivity index (χ1n) is 6.21. The van der Waals surface area contributed by atoms with Crippen molar-refractivity contribution in [2.75, 3.05) is 18.1 Å². The molecule has 2 saturated heterocycles. The molecule has 0 aromatic heterocycles. The third-order valence-electron chi connectivity index (χ3n) is 3.94. The number of nitrogens with two attached hydrogens (primary N) is 1. The summed E-state index contributed by atoms with van der Waals surface area (Å²) in [5.74, 6) is 7.08. The van der Waals surface area contributed by atoms with Crippen molar-refractivity contribution in [1.82, 2.24) is 5.43 Å². The second-order valence-electron chi connectivity index (χ2n) is 5.08.